The molecule has 2 rings (SSSR count). The minimum Gasteiger partial charge on any atom is -0.295 e. The largest absolute Gasteiger partial charge is 0.295 e. The molecule has 0 saturated carbocycles. The number of carbonyl (C=O) groups is 1. The molecule has 2 aromatic rings. The van der Waals surface area contributed by atoms with Crippen molar-refractivity contribution in [1.29, 1.82) is 5.26 Å². The number of halogens is 3. The quantitative estimate of drug-likeness (QED) is 0.591. The lowest BCUT2D eigenvalue weighted by atomic mass is 9.92. The maximum Gasteiger partial charge on any atom is 0.194 e. The zero-order valence-corrected chi connectivity index (χ0v) is 13.4. The van der Waals surface area contributed by atoms with Gasteiger partial charge in [0.25, 0.3) is 0 Å². The SMILES string of the molecule is CC(=O)/C(C)=C/c1cc(C#N)cc(-c2cc(F)c(F)c(F)c2)c1C. The average Bonchev–Trinajstić information content (AvgIpc) is 2.53. The Morgan fingerprint density at radius 1 is 1.08 bits per heavy atom. The molecule has 0 heterocycles. The number of Topliss-reactive ketones (excluding diaryl/α,β-unsaturated/α-hetero) is 1. The van der Waals surface area contributed by atoms with Gasteiger partial charge in [0.05, 0.1) is 11.6 Å². The van der Waals surface area contributed by atoms with E-state index in [1.807, 2.05) is 6.07 Å². The fourth-order valence-corrected chi connectivity index (χ4v) is 2.30. The van der Waals surface area contributed by atoms with E-state index in [4.69, 9.17) is 0 Å². The fraction of sp³-hybridized carbons (Fsp3) is 0.158. The Labute approximate surface area is 137 Å². The predicted octanol–water partition coefficient (Wildman–Crippen LogP) is 4.94. The number of allylic oxidation sites excluding steroid dienone is 1. The molecule has 0 N–H and O–H groups in total. The summed E-state index contributed by atoms with van der Waals surface area (Å²) in [6.45, 7) is 4.76. The van der Waals surface area contributed by atoms with Gasteiger partial charge in [-0.15, -0.1) is 0 Å². The van der Waals surface area contributed by atoms with Crippen LogP contribution in [0.3, 0.4) is 0 Å². The molecule has 2 nitrogen and oxygen atoms in total. The molecule has 0 amide bonds. The fourth-order valence-electron chi connectivity index (χ4n) is 2.30. The zero-order chi connectivity index (χ0) is 18.0. The first kappa shape index (κ1) is 17.5. The van der Waals surface area contributed by atoms with Crippen LogP contribution in [-0.2, 0) is 4.79 Å². The van der Waals surface area contributed by atoms with Gasteiger partial charge < -0.3 is 0 Å². The molecule has 0 aromatic heterocycles. The van der Waals surface area contributed by atoms with E-state index >= 15 is 0 Å². The lowest BCUT2D eigenvalue weighted by Gasteiger charge is -2.12. The van der Waals surface area contributed by atoms with Crippen molar-refractivity contribution in [3.8, 4) is 17.2 Å². The van der Waals surface area contributed by atoms with Crippen LogP contribution in [0.2, 0.25) is 0 Å². The summed E-state index contributed by atoms with van der Waals surface area (Å²) in [4.78, 5) is 11.4. The predicted molar refractivity (Wildman–Crippen MR) is 85.5 cm³/mol. The maximum atomic E-state index is 13.5. The summed E-state index contributed by atoms with van der Waals surface area (Å²) < 4.78 is 40.2. The van der Waals surface area contributed by atoms with Crippen molar-refractivity contribution in [1.82, 2.24) is 0 Å². The Morgan fingerprint density at radius 3 is 2.17 bits per heavy atom. The number of ketones is 1. The van der Waals surface area contributed by atoms with Crippen LogP contribution in [0.1, 0.15) is 30.5 Å². The Hall–Kier alpha value is -2.87. The Balaban J connectivity index is 2.74. The van der Waals surface area contributed by atoms with Crippen LogP contribution in [0.15, 0.2) is 29.8 Å². The summed E-state index contributed by atoms with van der Waals surface area (Å²) >= 11 is 0. The van der Waals surface area contributed by atoms with E-state index in [0.717, 1.165) is 12.1 Å². The summed E-state index contributed by atoms with van der Waals surface area (Å²) in [7, 11) is 0. The lowest BCUT2D eigenvalue weighted by Crippen LogP contribution is -1.97. The minimum absolute atomic E-state index is 0.121. The number of rotatable bonds is 3. The summed E-state index contributed by atoms with van der Waals surface area (Å²) in [5.74, 6) is -4.27. The number of benzene rings is 2. The van der Waals surface area contributed by atoms with Crippen molar-refractivity contribution in [2.45, 2.75) is 20.8 Å². The second kappa shape index (κ2) is 6.71. The first-order valence-electron chi connectivity index (χ1n) is 7.13. The molecule has 0 radical (unpaired) electrons. The Morgan fingerprint density at radius 2 is 1.67 bits per heavy atom. The van der Waals surface area contributed by atoms with Crippen molar-refractivity contribution in [3.05, 3.63) is 64.0 Å². The normalized spacial score (nSPS) is 11.3. The molecule has 122 valence electrons. The van der Waals surface area contributed by atoms with Gasteiger partial charge in [0.2, 0.25) is 0 Å². The van der Waals surface area contributed by atoms with E-state index in [1.54, 1.807) is 26.0 Å². The van der Waals surface area contributed by atoms with Gasteiger partial charge in [-0.05, 0) is 78.9 Å². The van der Waals surface area contributed by atoms with E-state index in [-0.39, 0.29) is 16.9 Å². The second-order valence-electron chi connectivity index (χ2n) is 5.49. The zero-order valence-electron chi connectivity index (χ0n) is 13.4. The number of nitriles is 1. The van der Waals surface area contributed by atoms with Crippen LogP contribution in [0, 0.1) is 35.7 Å². The summed E-state index contributed by atoms with van der Waals surface area (Å²) in [6, 6.07) is 6.80. The number of nitrogens with zero attached hydrogens (tertiary/aromatic N) is 1. The topological polar surface area (TPSA) is 40.9 Å². The second-order valence-corrected chi connectivity index (χ2v) is 5.49. The van der Waals surface area contributed by atoms with Gasteiger partial charge in [-0.1, -0.05) is 0 Å². The van der Waals surface area contributed by atoms with Crippen molar-refractivity contribution >= 4 is 11.9 Å². The molecular weight excluding hydrogens is 315 g/mol. The summed E-state index contributed by atoms with van der Waals surface area (Å²) in [5, 5.41) is 9.18. The number of carbonyl (C=O) groups excluding carboxylic acids is 1. The van der Waals surface area contributed by atoms with Gasteiger partial charge in [0.15, 0.2) is 23.2 Å². The average molecular weight is 329 g/mol. The van der Waals surface area contributed by atoms with E-state index in [2.05, 4.69) is 0 Å². The van der Waals surface area contributed by atoms with Crippen LogP contribution < -0.4 is 0 Å². The van der Waals surface area contributed by atoms with E-state index in [0.29, 0.717) is 22.3 Å². The lowest BCUT2D eigenvalue weighted by molar-refractivity contribution is -0.113. The van der Waals surface area contributed by atoms with Gasteiger partial charge in [-0.25, -0.2) is 13.2 Å². The molecule has 2 aromatic carbocycles. The van der Waals surface area contributed by atoms with E-state index in [9.17, 15) is 23.2 Å². The van der Waals surface area contributed by atoms with Crippen LogP contribution in [0.4, 0.5) is 13.2 Å². The van der Waals surface area contributed by atoms with Crippen molar-refractivity contribution in [3.63, 3.8) is 0 Å². The molecule has 0 unspecified atom stereocenters. The molecule has 0 aliphatic rings. The highest BCUT2D eigenvalue weighted by Crippen LogP contribution is 2.30. The number of hydrogen-bond donors (Lipinski definition) is 0. The van der Waals surface area contributed by atoms with E-state index < -0.39 is 17.5 Å². The molecule has 0 aliphatic carbocycles. The third kappa shape index (κ3) is 3.38. The summed E-state index contributed by atoms with van der Waals surface area (Å²) in [5.41, 5.74) is 2.48. The summed E-state index contributed by atoms with van der Waals surface area (Å²) in [6.07, 6.45) is 1.61. The van der Waals surface area contributed by atoms with Gasteiger partial charge in [0, 0.05) is 0 Å². The third-order valence-corrected chi connectivity index (χ3v) is 3.80. The highest BCUT2D eigenvalue weighted by Gasteiger charge is 2.15. The van der Waals surface area contributed by atoms with Crippen LogP contribution >= 0.6 is 0 Å². The number of hydrogen-bond acceptors (Lipinski definition) is 2. The molecule has 0 fully saturated rings. The highest BCUT2D eigenvalue weighted by molar-refractivity contribution is 5.97. The van der Waals surface area contributed by atoms with Crippen LogP contribution in [0.5, 0.6) is 0 Å². The van der Waals surface area contributed by atoms with Crippen LogP contribution in [0.25, 0.3) is 17.2 Å². The molecular formula is C19H14F3NO. The molecule has 0 spiro atoms. The Kier molecular flexibility index (Phi) is 4.89. The maximum absolute atomic E-state index is 13.5. The van der Waals surface area contributed by atoms with Crippen molar-refractivity contribution in [2.24, 2.45) is 0 Å². The highest BCUT2D eigenvalue weighted by atomic mass is 19.2. The standard InChI is InChI=1S/C19H14F3NO/c1-10(12(3)24)4-14-5-13(9-23)6-16(11(14)2)15-7-17(20)19(22)18(21)8-15/h4-8H,1-3H3/b10-4+. The van der Waals surface area contributed by atoms with Crippen molar-refractivity contribution < 1.29 is 18.0 Å². The molecule has 0 bridgehead atoms. The van der Waals surface area contributed by atoms with Crippen molar-refractivity contribution in [2.75, 3.05) is 0 Å². The van der Waals surface area contributed by atoms with Gasteiger partial charge >= 0.3 is 0 Å². The molecule has 0 atom stereocenters. The Bertz CT molecular complexity index is 885. The first-order valence-corrected chi connectivity index (χ1v) is 7.13. The van der Waals surface area contributed by atoms with Gasteiger partial charge in [-0.3, -0.25) is 4.79 Å². The van der Waals surface area contributed by atoms with E-state index in [1.165, 1.54) is 13.0 Å². The molecule has 24 heavy (non-hydrogen) atoms. The smallest absolute Gasteiger partial charge is 0.194 e. The van der Waals surface area contributed by atoms with Gasteiger partial charge in [-0.2, -0.15) is 5.26 Å². The monoisotopic (exact) mass is 329 g/mol. The molecule has 0 aliphatic heterocycles. The van der Waals surface area contributed by atoms with Crippen LogP contribution in [-0.4, -0.2) is 5.78 Å². The van der Waals surface area contributed by atoms with Gasteiger partial charge in [0.1, 0.15) is 0 Å². The third-order valence-electron chi connectivity index (χ3n) is 3.80. The molecule has 0 saturated heterocycles. The molecule has 5 heteroatoms. The first-order chi connectivity index (χ1) is 11.2. The minimum atomic E-state index is -1.54.